The van der Waals surface area contributed by atoms with Crippen LogP contribution in [0.4, 0.5) is 8.78 Å². The first-order valence-electron chi connectivity index (χ1n) is 5.05. The Balaban J connectivity index is 2.10. The molecule has 0 N–H and O–H groups in total. The van der Waals surface area contributed by atoms with Gasteiger partial charge in [-0.15, -0.1) is 5.10 Å². The number of halogens is 2. The van der Waals surface area contributed by atoms with Crippen LogP contribution in [0.1, 0.15) is 11.5 Å². The summed E-state index contributed by atoms with van der Waals surface area (Å²) in [7, 11) is 0. The molecule has 90 valence electrons. The average Bonchev–Trinajstić information content (AvgIpc) is 2.59. The minimum atomic E-state index is -0.897. The highest BCUT2D eigenvalue weighted by molar-refractivity contribution is 5.17. The number of rotatable bonds is 3. The summed E-state index contributed by atoms with van der Waals surface area (Å²) in [6.07, 6.45) is 0.378. The third-order valence-corrected chi connectivity index (χ3v) is 2.30. The van der Waals surface area contributed by atoms with Crippen LogP contribution in [0.25, 0.3) is 0 Å². The number of aryl methyl sites for hydroxylation is 3. The lowest BCUT2D eigenvalue weighted by Crippen LogP contribution is -2.17. The molecule has 1 heterocycles. The Morgan fingerprint density at radius 3 is 2.71 bits per heavy atom. The van der Waals surface area contributed by atoms with E-state index in [2.05, 4.69) is 5.10 Å². The number of benzene rings is 1. The topological polar surface area (TPSA) is 48.0 Å². The molecule has 2 aromatic rings. The molecular formula is C11H10F2N2O2. The summed E-state index contributed by atoms with van der Waals surface area (Å²) in [5.41, 5.74) is 0.594. The van der Waals surface area contributed by atoms with Crippen LogP contribution in [0.5, 0.6) is 0 Å². The summed E-state index contributed by atoms with van der Waals surface area (Å²) < 4.78 is 31.4. The van der Waals surface area contributed by atoms with Crippen molar-refractivity contribution in [3.63, 3.8) is 0 Å². The van der Waals surface area contributed by atoms with Gasteiger partial charge in [-0.1, -0.05) is 6.07 Å². The summed E-state index contributed by atoms with van der Waals surface area (Å²) in [5, 5.41) is 3.83. The van der Waals surface area contributed by atoms with E-state index < -0.39 is 17.4 Å². The third kappa shape index (κ3) is 2.58. The Kier molecular flexibility index (Phi) is 3.03. The van der Waals surface area contributed by atoms with Crippen molar-refractivity contribution in [1.29, 1.82) is 0 Å². The molecule has 0 spiro atoms. The number of hydrogen-bond acceptors (Lipinski definition) is 3. The van der Waals surface area contributed by atoms with Crippen LogP contribution < -0.4 is 5.76 Å². The standard InChI is InChI=1S/C11H10F2N2O2/c1-7-14-15(11(16)17-7)5-4-8-2-3-9(12)10(13)6-8/h2-3,6H,4-5H2,1H3. The van der Waals surface area contributed by atoms with Gasteiger partial charge in [0.15, 0.2) is 11.6 Å². The molecule has 0 radical (unpaired) electrons. The monoisotopic (exact) mass is 240 g/mol. The van der Waals surface area contributed by atoms with E-state index in [1.165, 1.54) is 6.07 Å². The molecule has 6 heteroatoms. The Morgan fingerprint density at radius 2 is 2.12 bits per heavy atom. The average molecular weight is 240 g/mol. The maximum absolute atomic E-state index is 12.9. The smallest absolute Gasteiger partial charge is 0.393 e. The van der Waals surface area contributed by atoms with Gasteiger partial charge in [0.2, 0.25) is 5.89 Å². The molecule has 4 nitrogen and oxygen atoms in total. The van der Waals surface area contributed by atoms with Crippen LogP contribution >= 0.6 is 0 Å². The van der Waals surface area contributed by atoms with E-state index in [0.29, 0.717) is 12.0 Å². The normalized spacial score (nSPS) is 10.8. The Bertz CT molecular complexity index is 589. The van der Waals surface area contributed by atoms with Crippen molar-refractivity contribution in [3.05, 3.63) is 51.8 Å². The fourth-order valence-electron chi connectivity index (χ4n) is 1.48. The zero-order valence-electron chi connectivity index (χ0n) is 9.11. The van der Waals surface area contributed by atoms with Crippen LogP contribution in [0, 0.1) is 18.6 Å². The Labute approximate surface area is 95.5 Å². The van der Waals surface area contributed by atoms with E-state index in [1.54, 1.807) is 6.92 Å². The first-order chi connectivity index (χ1) is 8.06. The van der Waals surface area contributed by atoms with E-state index in [4.69, 9.17) is 4.42 Å². The summed E-state index contributed by atoms with van der Waals surface area (Å²) in [4.78, 5) is 11.2. The van der Waals surface area contributed by atoms with Crippen molar-refractivity contribution in [2.45, 2.75) is 19.9 Å². The zero-order chi connectivity index (χ0) is 12.4. The van der Waals surface area contributed by atoms with Gasteiger partial charge < -0.3 is 4.42 Å². The van der Waals surface area contributed by atoms with Gasteiger partial charge in [-0.3, -0.25) is 0 Å². The molecular weight excluding hydrogens is 230 g/mol. The first kappa shape index (κ1) is 11.5. The molecule has 2 rings (SSSR count). The van der Waals surface area contributed by atoms with Crippen LogP contribution in [0.15, 0.2) is 27.4 Å². The molecule has 1 aromatic heterocycles. The highest BCUT2D eigenvalue weighted by atomic mass is 19.2. The van der Waals surface area contributed by atoms with Crippen molar-refractivity contribution >= 4 is 0 Å². The van der Waals surface area contributed by atoms with Crippen LogP contribution in [0.3, 0.4) is 0 Å². The van der Waals surface area contributed by atoms with Gasteiger partial charge in [-0.2, -0.15) is 4.68 Å². The van der Waals surface area contributed by atoms with E-state index in [9.17, 15) is 13.6 Å². The van der Waals surface area contributed by atoms with Gasteiger partial charge >= 0.3 is 5.76 Å². The van der Waals surface area contributed by atoms with Crippen LogP contribution in [0.2, 0.25) is 0 Å². The fraction of sp³-hybridized carbons (Fsp3) is 0.273. The van der Waals surface area contributed by atoms with Gasteiger partial charge in [0, 0.05) is 6.92 Å². The predicted molar refractivity (Wildman–Crippen MR) is 55.6 cm³/mol. The molecule has 0 aliphatic heterocycles. The van der Waals surface area contributed by atoms with Crippen molar-refractivity contribution in [2.75, 3.05) is 0 Å². The second-order valence-corrected chi connectivity index (χ2v) is 3.61. The molecule has 1 aromatic carbocycles. The summed E-state index contributed by atoms with van der Waals surface area (Å²) in [6.45, 7) is 1.83. The van der Waals surface area contributed by atoms with Crippen molar-refractivity contribution in [1.82, 2.24) is 9.78 Å². The molecule has 0 unspecified atom stereocenters. The quantitative estimate of drug-likeness (QED) is 0.819. The second kappa shape index (κ2) is 4.48. The van der Waals surface area contributed by atoms with Crippen molar-refractivity contribution in [2.24, 2.45) is 0 Å². The number of nitrogens with zero attached hydrogens (tertiary/aromatic N) is 2. The van der Waals surface area contributed by atoms with Crippen molar-refractivity contribution < 1.29 is 13.2 Å². The van der Waals surface area contributed by atoms with E-state index in [1.807, 2.05) is 0 Å². The van der Waals surface area contributed by atoms with Crippen molar-refractivity contribution in [3.8, 4) is 0 Å². The molecule has 17 heavy (non-hydrogen) atoms. The predicted octanol–water partition coefficient (Wildman–Crippen LogP) is 1.67. The SMILES string of the molecule is Cc1nn(CCc2ccc(F)c(F)c2)c(=O)o1. The molecule has 0 fully saturated rings. The van der Waals surface area contributed by atoms with E-state index in [-0.39, 0.29) is 12.4 Å². The number of hydrogen-bond donors (Lipinski definition) is 0. The largest absolute Gasteiger partial charge is 0.437 e. The second-order valence-electron chi connectivity index (χ2n) is 3.61. The Morgan fingerprint density at radius 1 is 1.35 bits per heavy atom. The van der Waals surface area contributed by atoms with Gasteiger partial charge in [-0.25, -0.2) is 13.6 Å². The molecule has 0 aliphatic rings. The molecule has 0 bridgehead atoms. The minimum Gasteiger partial charge on any atom is -0.393 e. The zero-order valence-corrected chi connectivity index (χ0v) is 9.11. The fourth-order valence-corrected chi connectivity index (χ4v) is 1.48. The highest BCUT2D eigenvalue weighted by Gasteiger charge is 2.06. The summed E-state index contributed by atoms with van der Waals surface area (Å²) in [6, 6.07) is 3.63. The van der Waals surface area contributed by atoms with Gasteiger partial charge in [0.05, 0.1) is 6.54 Å². The molecule has 0 aliphatic carbocycles. The molecule has 0 amide bonds. The van der Waals surface area contributed by atoms with E-state index >= 15 is 0 Å². The maximum Gasteiger partial charge on any atom is 0.437 e. The summed E-state index contributed by atoms with van der Waals surface area (Å²) in [5.74, 6) is -2.06. The van der Waals surface area contributed by atoms with E-state index in [0.717, 1.165) is 16.8 Å². The van der Waals surface area contributed by atoms with Gasteiger partial charge in [0.1, 0.15) is 0 Å². The number of aromatic nitrogens is 2. The van der Waals surface area contributed by atoms with Crippen LogP contribution in [-0.4, -0.2) is 9.78 Å². The lowest BCUT2D eigenvalue weighted by atomic mass is 10.1. The minimum absolute atomic E-state index is 0.265. The molecule has 0 saturated heterocycles. The molecule has 0 atom stereocenters. The van der Waals surface area contributed by atoms with Crippen LogP contribution in [-0.2, 0) is 13.0 Å². The Hall–Kier alpha value is -1.98. The lowest BCUT2D eigenvalue weighted by Gasteiger charge is -2.01. The van der Waals surface area contributed by atoms with Gasteiger partial charge in [-0.05, 0) is 24.1 Å². The highest BCUT2D eigenvalue weighted by Crippen LogP contribution is 2.09. The lowest BCUT2D eigenvalue weighted by molar-refractivity contribution is 0.458. The molecule has 0 saturated carbocycles. The maximum atomic E-state index is 12.9. The van der Waals surface area contributed by atoms with Gasteiger partial charge in [0.25, 0.3) is 0 Å². The summed E-state index contributed by atoms with van der Waals surface area (Å²) >= 11 is 0. The first-order valence-corrected chi connectivity index (χ1v) is 5.05. The third-order valence-electron chi connectivity index (χ3n) is 2.30.